The van der Waals surface area contributed by atoms with Crippen LogP contribution in [-0.2, 0) is 20.8 Å². The molecular weight excluding hydrogens is 530 g/mol. The number of benzene rings is 1. The van der Waals surface area contributed by atoms with Crippen molar-refractivity contribution in [2.45, 2.75) is 59.2 Å². The number of aromatic nitrogens is 2. The van der Waals surface area contributed by atoms with Crippen molar-refractivity contribution in [3.05, 3.63) is 77.7 Å². The van der Waals surface area contributed by atoms with Crippen molar-refractivity contribution in [2.75, 3.05) is 27.4 Å². The molecule has 0 saturated carbocycles. The van der Waals surface area contributed by atoms with Crippen LogP contribution < -0.4 is 24.4 Å². The number of thiazole rings is 1. The number of carbonyl (C=O) groups excluding carboxylic acids is 1. The standard InChI is InChI=1S/C30H35N3O6S/c1-7-38-29(35)26-18(3)31-30-33(27(26)23-15-21(36-5)10-11-24(23)37-6)28(34)25(40-30)14-20-13-17(2)32(19(20)4)16-22-9-8-12-39-22/h10-11,13-15,22,27H,7-9,12,16H2,1-6H3/b25-14-/t22-,27+/m0/s1. The van der Waals surface area contributed by atoms with Crippen LogP contribution in [0.3, 0.4) is 0 Å². The first-order valence-electron chi connectivity index (χ1n) is 13.5. The fourth-order valence-electron chi connectivity index (χ4n) is 5.53. The van der Waals surface area contributed by atoms with Crippen LogP contribution in [0.15, 0.2) is 45.3 Å². The molecule has 0 radical (unpaired) electrons. The first kappa shape index (κ1) is 27.9. The van der Waals surface area contributed by atoms with E-state index in [1.54, 1.807) is 50.8 Å². The summed E-state index contributed by atoms with van der Waals surface area (Å²) in [6.07, 6.45) is 4.28. The summed E-state index contributed by atoms with van der Waals surface area (Å²) in [7, 11) is 3.13. The molecular formula is C30H35N3O6S. The van der Waals surface area contributed by atoms with Crippen LogP contribution in [0.25, 0.3) is 6.08 Å². The largest absolute Gasteiger partial charge is 0.497 e. The third kappa shape index (κ3) is 5.01. The van der Waals surface area contributed by atoms with Crippen LogP contribution >= 0.6 is 11.3 Å². The predicted molar refractivity (Wildman–Crippen MR) is 153 cm³/mol. The van der Waals surface area contributed by atoms with Crippen molar-refractivity contribution < 1.29 is 23.7 Å². The number of hydrogen-bond donors (Lipinski definition) is 0. The highest BCUT2D eigenvalue weighted by Crippen LogP contribution is 2.37. The molecule has 9 nitrogen and oxygen atoms in total. The van der Waals surface area contributed by atoms with Crippen LogP contribution in [0.5, 0.6) is 11.5 Å². The quantitative estimate of drug-likeness (QED) is 0.389. The number of methoxy groups -OCH3 is 2. The van der Waals surface area contributed by atoms with E-state index in [4.69, 9.17) is 18.9 Å². The van der Waals surface area contributed by atoms with E-state index in [2.05, 4.69) is 29.5 Å². The lowest BCUT2D eigenvalue weighted by Gasteiger charge is -2.26. The maximum Gasteiger partial charge on any atom is 0.338 e. The van der Waals surface area contributed by atoms with E-state index in [0.717, 1.165) is 42.9 Å². The zero-order valence-electron chi connectivity index (χ0n) is 23.8. The molecule has 5 rings (SSSR count). The summed E-state index contributed by atoms with van der Waals surface area (Å²) in [5.74, 6) is 0.578. The minimum Gasteiger partial charge on any atom is -0.497 e. The summed E-state index contributed by atoms with van der Waals surface area (Å²) >= 11 is 1.30. The number of hydrogen-bond acceptors (Lipinski definition) is 8. The van der Waals surface area contributed by atoms with Gasteiger partial charge >= 0.3 is 5.97 Å². The Bertz CT molecular complexity index is 1660. The van der Waals surface area contributed by atoms with Gasteiger partial charge < -0.3 is 23.5 Å². The molecule has 2 atom stereocenters. The lowest BCUT2D eigenvalue weighted by Crippen LogP contribution is -2.40. The molecule has 212 valence electrons. The van der Waals surface area contributed by atoms with E-state index in [1.807, 2.05) is 6.08 Å². The second kappa shape index (κ2) is 11.5. The van der Waals surface area contributed by atoms with Gasteiger partial charge in [0.2, 0.25) is 0 Å². The average Bonchev–Trinajstić information content (AvgIpc) is 3.63. The maximum absolute atomic E-state index is 14.1. The summed E-state index contributed by atoms with van der Waals surface area (Å²) in [4.78, 5) is 32.5. The van der Waals surface area contributed by atoms with Crippen LogP contribution in [-0.4, -0.2) is 48.6 Å². The zero-order valence-corrected chi connectivity index (χ0v) is 24.6. The van der Waals surface area contributed by atoms with E-state index in [9.17, 15) is 9.59 Å². The highest BCUT2D eigenvalue weighted by molar-refractivity contribution is 7.07. The molecule has 0 amide bonds. The topological polar surface area (TPSA) is 93.3 Å². The van der Waals surface area contributed by atoms with Crippen molar-refractivity contribution in [2.24, 2.45) is 4.99 Å². The normalized spacial score (nSPS) is 19.0. The van der Waals surface area contributed by atoms with Gasteiger partial charge in [-0.1, -0.05) is 11.3 Å². The Hall–Kier alpha value is -3.63. The van der Waals surface area contributed by atoms with Gasteiger partial charge in [-0.3, -0.25) is 9.36 Å². The number of aryl methyl sites for hydroxylation is 1. The first-order valence-corrected chi connectivity index (χ1v) is 14.3. The molecule has 0 spiro atoms. The van der Waals surface area contributed by atoms with E-state index in [-0.39, 0.29) is 18.3 Å². The van der Waals surface area contributed by atoms with Gasteiger partial charge in [0.25, 0.3) is 5.56 Å². The number of ether oxygens (including phenoxy) is 4. The van der Waals surface area contributed by atoms with E-state index in [1.165, 1.54) is 11.3 Å². The smallest absolute Gasteiger partial charge is 0.338 e. The second-order valence-corrected chi connectivity index (χ2v) is 11.0. The van der Waals surface area contributed by atoms with Crippen molar-refractivity contribution in [3.8, 4) is 11.5 Å². The summed E-state index contributed by atoms with van der Waals surface area (Å²) < 4.78 is 26.8. The molecule has 0 bridgehead atoms. The SMILES string of the molecule is CCOC(=O)C1=C(C)N=c2s/c(=C\c3cc(C)n(C[C@@H]4CCCO4)c3C)c(=O)n2[C@@H]1c1cc(OC)ccc1OC. The van der Waals surface area contributed by atoms with E-state index < -0.39 is 12.0 Å². The minimum absolute atomic E-state index is 0.198. The van der Waals surface area contributed by atoms with Gasteiger partial charge in [-0.25, -0.2) is 9.79 Å². The highest BCUT2D eigenvalue weighted by atomic mass is 32.1. The molecule has 0 aliphatic carbocycles. The monoisotopic (exact) mass is 565 g/mol. The van der Waals surface area contributed by atoms with Gasteiger partial charge in [-0.15, -0.1) is 0 Å². The zero-order chi connectivity index (χ0) is 28.6. The van der Waals surface area contributed by atoms with Crippen molar-refractivity contribution in [3.63, 3.8) is 0 Å². The van der Waals surface area contributed by atoms with E-state index >= 15 is 0 Å². The van der Waals surface area contributed by atoms with Crippen LogP contribution in [0.4, 0.5) is 0 Å². The molecule has 10 heteroatoms. The number of fused-ring (bicyclic) bond motifs is 1. The van der Waals surface area contributed by atoms with Gasteiger partial charge in [0.15, 0.2) is 4.80 Å². The van der Waals surface area contributed by atoms with Gasteiger partial charge in [0.1, 0.15) is 17.5 Å². The molecule has 1 fully saturated rings. The van der Waals surface area contributed by atoms with Crippen LogP contribution in [0, 0.1) is 13.8 Å². The third-order valence-corrected chi connectivity index (χ3v) is 8.54. The summed E-state index contributed by atoms with van der Waals surface area (Å²) in [5, 5.41) is 0. The molecule has 2 aliphatic heterocycles. The van der Waals surface area contributed by atoms with Crippen molar-refractivity contribution in [1.29, 1.82) is 0 Å². The molecule has 4 heterocycles. The van der Waals surface area contributed by atoms with Crippen molar-refractivity contribution in [1.82, 2.24) is 9.13 Å². The van der Waals surface area contributed by atoms with Gasteiger partial charge in [0.05, 0.1) is 42.7 Å². The number of esters is 1. The molecule has 0 unspecified atom stereocenters. The summed E-state index contributed by atoms with van der Waals surface area (Å²) in [6, 6.07) is 6.64. The Kier molecular flexibility index (Phi) is 8.00. The Balaban J connectivity index is 1.68. The van der Waals surface area contributed by atoms with Gasteiger partial charge in [-0.05, 0) is 76.4 Å². The Morgan fingerprint density at radius 1 is 1.20 bits per heavy atom. The Labute approximate surface area is 237 Å². The maximum atomic E-state index is 14.1. The van der Waals surface area contributed by atoms with Gasteiger partial charge in [0, 0.05) is 30.1 Å². The van der Waals surface area contributed by atoms with Crippen LogP contribution in [0.2, 0.25) is 0 Å². The summed E-state index contributed by atoms with van der Waals surface area (Å²) in [5.41, 5.74) is 4.33. The lowest BCUT2D eigenvalue weighted by atomic mass is 9.94. The lowest BCUT2D eigenvalue weighted by molar-refractivity contribution is -0.139. The fourth-order valence-corrected chi connectivity index (χ4v) is 6.56. The third-order valence-electron chi connectivity index (χ3n) is 7.56. The molecule has 1 saturated heterocycles. The molecule has 3 aromatic rings. The molecule has 0 N–H and O–H groups in total. The second-order valence-electron chi connectivity index (χ2n) is 9.98. The number of rotatable bonds is 8. The Morgan fingerprint density at radius 2 is 2.00 bits per heavy atom. The van der Waals surface area contributed by atoms with Gasteiger partial charge in [-0.2, -0.15) is 0 Å². The van der Waals surface area contributed by atoms with Crippen molar-refractivity contribution >= 4 is 23.4 Å². The minimum atomic E-state index is -0.797. The Morgan fingerprint density at radius 3 is 2.67 bits per heavy atom. The fraction of sp³-hybridized carbons (Fsp3) is 0.433. The number of allylic oxidation sites excluding steroid dienone is 1. The number of nitrogens with zero attached hydrogens (tertiary/aromatic N) is 3. The first-order chi connectivity index (χ1) is 19.3. The van der Waals surface area contributed by atoms with Crippen LogP contribution in [0.1, 0.15) is 55.2 Å². The molecule has 40 heavy (non-hydrogen) atoms. The molecule has 2 aliphatic rings. The predicted octanol–water partition coefficient (Wildman–Crippen LogP) is 3.41. The number of carbonyl (C=O) groups is 1. The van der Waals surface area contributed by atoms with E-state index in [0.29, 0.717) is 37.7 Å². The average molecular weight is 566 g/mol. The summed E-state index contributed by atoms with van der Waals surface area (Å²) in [6.45, 7) is 9.46. The molecule has 2 aromatic heterocycles. The molecule has 1 aromatic carbocycles. The highest BCUT2D eigenvalue weighted by Gasteiger charge is 2.35.